The third-order valence-electron chi connectivity index (χ3n) is 4.57. The Morgan fingerprint density at radius 1 is 1.68 bits per heavy atom. The van der Waals surface area contributed by atoms with Crippen molar-refractivity contribution in [3.63, 3.8) is 0 Å². The number of aromatic nitrogens is 4. The maximum absolute atomic E-state index is 15.2. The zero-order valence-corrected chi connectivity index (χ0v) is 13.7. The molecule has 2 aromatic heterocycles. The average Bonchev–Trinajstić information content (AvgIpc) is 3.18. The third kappa shape index (κ3) is 2.90. The van der Waals surface area contributed by atoms with Crippen molar-refractivity contribution in [2.45, 2.75) is 38.2 Å². The average molecular weight is 359 g/mol. The molecule has 1 aliphatic heterocycles. The van der Waals surface area contributed by atoms with Crippen molar-refractivity contribution in [2.75, 3.05) is 25.1 Å². The lowest BCUT2D eigenvalue weighted by Gasteiger charge is -2.27. The van der Waals surface area contributed by atoms with E-state index in [9.17, 15) is 9.90 Å². The second kappa shape index (κ2) is 6.70. The summed E-state index contributed by atoms with van der Waals surface area (Å²) in [5, 5.41) is 16.8. The zero-order chi connectivity index (χ0) is 19.6. The number of aliphatic hydroxyl groups excluding tert-OH is 2. The molecular formula is C15H22FN5O4. The fourth-order valence-electron chi connectivity index (χ4n) is 3.23. The number of imidazole rings is 1. The van der Waals surface area contributed by atoms with Gasteiger partial charge in [0.2, 0.25) is 7.38 Å². The molecule has 0 amide bonds. The minimum Gasteiger partial charge on any atom is -0.396 e. The van der Waals surface area contributed by atoms with E-state index in [0.717, 1.165) is 0 Å². The molecule has 0 saturated carbocycles. The van der Waals surface area contributed by atoms with Crippen LogP contribution < -0.4 is 10.9 Å². The summed E-state index contributed by atoms with van der Waals surface area (Å²) in [5.74, 6) is -0.558. The SMILES string of the molecule is [3H]CCNc1nc2c(ncn2[C@@H]2O[C@](C)(CO)[C@@H](CCO[3H])[C@H]2F)c(=O)[nH]1. The number of alkyl halides is 1. The molecular weight excluding hydrogens is 333 g/mol. The Bertz CT molecular complexity index is 849. The second-order valence-corrected chi connectivity index (χ2v) is 6.19. The van der Waals surface area contributed by atoms with Crippen LogP contribution in [0.5, 0.6) is 0 Å². The summed E-state index contributed by atoms with van der Waals surface area (Å²) < 4.78 is 36.3. The highest BCUT2D eigenvalue weighted by Crippen LogP contribution is 2.45. The minimum absolute atomic E-state index is 0.000539. The Labute approximate surface area is 145 Å². The molecule has 138 valence electrons. The van der Waals surface area contributed by atoms with E-state index < -0.39 is 36.1 Å². The molecule has 3 heterocycles. The third-order valence-corrected chi connectivity index (χ3v) is 4.57. The molecule has 10 heteroatoms. The molecule has 0 aromatic carbocycles. The van der Waals surface area contributed by atoms with Gasteiger partial charge in [-0.05, 0) is 20.2 Å². The van der Waals surface area contributed by atoms with Crippen molar-refractivity contribution >= 4 is 17.1 Å². The van der Waals surface area contributed by atoms with E-state index in [0.29, 0.717) is 0 Å². The van der Waals surface area contributed by atoms with E-state index in [4.69, 9.17) is 7.54 Å². The number of hydrogen-bond acceptors (Lipinski definition) is 7. The maximum atomic E-state index is 15.2. The molecule has 1 saturated heterocycles. The summed E-state index contributed by atoms with van der Waals surface area (Å²) >= 11 is 0. The molecule has 0 radical (unpaired) electrons. The number of H-pyrrole nitrogens is 1. The van der Waals surface area contributed by atoms with Crippen molar-refractivity contribution in [1.29, 1.82) is 1.43 Å². The molecule has 0 spiro atoms. The molecule has 0 unspecified atom stereocenters. The Hall–Kier alpha value is -2.04. The predicted octanol–water partition coefficient (Wildman–Crippen LogP) is 0.168. The summed E-state index contributed by atoms with van der Waals surface area (Å²) in [5.41, 5.74) is -1.50. The fraction of sp³-hybridized carbons (Fsp3) is 0.667. The number of aliphatic hydroxyl groups is 2. The van der Waals surface area contributed by atoms with Crippen molar-refractivity contribution in [1.82, 2.24) is 19.5 Å². The number of rotatable bonds is 7. The highest BCUT2D eigenvalue weighted by molar-refractivity contribution is 5.70. The number of fused-ring (bicyclic) bond motifs is 1. The van der Waals surface area contributed by atoms with Gasteiger partial charge in [0.1, 0.15) is 0 Å². The van der Waals surface area contributed by atoms with Crippen molar-refractivity contribution < 1.29 is 20.7 Å². The van der Waals surface area contributed by atoms with E-state index in [1.54, 1.807) is 6.92 Å². The summed E-state index contributed by atoms with van der Waals surface area (Å²) in [6, 6.07) is 0. The van der Waals surface area contributed by atoms with Crippen LogP contribution in [0.15, 0.2) is 11.1 Å². The lowest BCUT2D eigenvalue weighted by atomic mass is 9.86. The normalized spacial score (nSPS) is 30.4. The van der Waals surface area contributed by atoms with Crippen LogP contribution in [0.1, 0.15) is 27.8 Å². The number of anilines is 1. The first-order valence-electron chi connectivity index (χ1n) is 9.07. The van der Waals surface area contributed by atoms with Crippen LogP contribution in [-0.4, -0.2) is 62.7 Å². The summed E-state index contributed by atoms with van der Waals surface area (Å²) in [4.78, 5) is 23.0. The number of aromatic amines is 1. The van der Waals surface area contributed by atoms with Gasteiger partial charge >= 0.3 is 0 Å². The molecule has 4 N–H and O–H groups in total. The van der Waals surface area contributed by atoms with Crippen molar-refractivity contribution in [3.05, 3.63) is 16.7 Å². The van der Waals surface area contributed by atoms with E-state index in [1.165, 1.54) is 10.9 Å². The highest BCUT2D eigenvalue weighted by atomic mass is 19.1. The Kier molecular flexibility index (Phi) is 4.08. The first-order valence-corrected chi connectivity index (χ1v) is 7.96. The lowest BCUT2D eigenvalue weighted by molar-refractivity contribution is -0.103. The van der Waals surface area contributed by atoms with Crippen LogP contribution in [-0.2, 0) is 4.74 Å². The predicted molar refractivity (Wildman–Crippen MR) is 88.0 cm³/mol. The van der Waals surface area contributed by atoms with E-state index >= 15 is 4.39 Å². The summed E-state index contributed by atoms with van der Waals surface area (Å²) in [7, 11) is 0. The van der Waals surface area contributed by atoms with Gasteiger partial charge in [0.15, 0.2) is 23.6 Å². The first kappa shape index (κ1) is 15.2. The first-order chi connectivity index (χ1) is 12.9. The van der Waals surface area contributed by atoms with Crippen LogP contribution in [0, 0.1) is 5.92 Å². The van der Waals surface area contributed by atoms with Gasteiger partial charge in [0, 0.05) is 20.4 Å². The molecule has 4 atom stereocenters. The Morgan fingerprint density at radius 3 is 3.24 bits per heavy atom. The van der Waals surface area contributed by atoms with E-state index in [2.05, 4.69) is 25.4 Å². The standard InChI is InChI=1S/C15H22FN5O4/c1-3-17-14-19-11-10(12(24)20-14)18-7-21(11)13-9(16)8(4-5-22)15(2,6-23)25-13/h7-9,13,22-23H,3-6H2,1-2H3,(H2,17,19,20,24)/t8-,9+,13+,15+/m0/s1/i1T,22T. The molecule has 3 rings (SSSR count). The fourth-order valence-corrected chi connectivity index (χ4v) is 3.23. The monoisotopic (exact) mass is 359 g/mol. The highest BCUT2D eigenvalue weighted by Gasteiger charge is 2.53. The molecule has 2 aromatic rings. The van der Waals surface area contributed by atoms with Crippen LogP contribution in [0.2, 0.25) is 0 Å². The van der Waals surface area contributed by atoms with Crippen LogP contribution in [0.3, 0.4) is 0 Å². The van der Waals surface area contributed by atoms with Crippen molar-refractivity contribution in [2.24, 2.45) is 5.92 Å². The van der Waals surface area contributed by atoms with Crippen LogP contribution >= 0.6 is 0 Å². The van der Waals surface area contributed by atoms with Gasteiger partial charge < -0.3 is 20.3 Å². The van der Waals surface area contributed by atoms with Gasteiger partial charge in [-0.2, -0.15) is 4.98 Å². The van der Waals surface area contributed by atoms with Crippen molar-refractivity contribution in [3.8, 4) is 0 Å². The number of halogens is 1. The summed E-state index contributed by atoms with van der Waals surface area (Å²) in [6.07, 6.45) is -1.20. The van der Waals surface area contributed by atoms with Gasteiger partial charge in [-0.25, -0.2) is 9.37 Å². The molecule has 1 fully saturated rings. The van der Waals surface area contributed by atoms with Gasteiger partial charge in [0.05, 0.1) is 18.5 Å². The second-order valence-electron chi connectivity index (χ2n) is 6.19. The van der Waals surface area contributed by atoms with E-state index in [-0.39, 0.29) is 43.6 Å². The lowest BCUT2D eigenvalue weighted by Crippen LogP contribution is -2.38. The zero-order valence-electron chi connectivity index (χ0n) is 15.7. The summed E-state index contributed by atoms with van der Waals surface area (Å²) in [6.45, 7) is 1.55. The van der Waals surface area contributed by atoms with Gasteiger partial charge in [0.25, 0.3) is 5.56 Å². The largest absolute Gasteiger partial charge is 0.396 e. The molecule has 0 aliphatic carbocycles. The number of nitrogens with zero attached hydrogens (tertiary/aromatic N) is 3. The smallest absolute Gasteiger partial charge is 0.280 e. The maximum Gasteiger partial charge on any atom is 0.280 e. The Morgan fingerprint density at radius 2 is 2.52 bits per heavy atom. The Balaban J connectivity index is 1.99. The topological polar surface area (TPSA) is 125 Å². The molecule has 0 bridgehead atoms. The van der Waals surface area contributed by atoms with Gasteiger partial charge in [-0.1, -0.05) is 0 Å². The quantitative estimate of drug-likeness (QED) is 0.555. The minimum atomic E-state index is -1.53. The molecule has 1 aliphatic rings. The molecule has 9 nitrogen and oxygen atoms in total. The molecule has 25 heavy (non-hydrogen) atoms. The number of ether oxygens (including phenoxy) is 1. The van der Waals surface area contributed by atoms with Crippen LogP contribution in [0.25, 0.3) is 11.2 Å². The number of nitrogens with one attached hydrogen (secondary N) is 2. The van der Waals surface area contributed by atoms with E-state index in [1.807, 2.05) is 0 Å². The van der Waals surface area contributed by atoms with Gasteiger partial charge in [-0.15, -0.1) is 0 Å². The van der Waals surface area contributed by atoms with Gasteiger partial charge in [-0.3, -0.25) is 14.3 Å². The number of hydrogen-bond donors (Lipinski definition) is 4. The van der Waals surface area contributed by atoms with Crippen LogP contribution in [0.4, 0.5) is 10.3 Å².